The van der Waals surface area contributed by atoms with Crippen molar-refractivity contribution in [1.82, 2.24) is 5.32 Å². The molecule has 1 aromatic carbocycles. The number of halogens is 1. The minimum atomic E-state index is -0.210. The first-order chi connectivity index (χ1) is 7.48. The van der Waals surface area contributed by atoms with Gasteiger partial charge in [-0.2, -0.15) is 0 Å². The molecule has 1 N–H and O–H groups in total. The Morgan fingerprint density at radius 3 is 2.62 bits per heavy atom. The summed E-state index contributed by atoms with van der Waals surface area (Å²) in [5.41, 5.74) is 0.975. The zero-order valence-corrected chi connectivity index (χ0v) is 10.4. The lowest BCUT2D eigenvalue weighted by Gasteiger charge is -2.24. The molecule has 0 saturated heterocycles. The van der Waals surface area contributed by atoms with Crippen LogP contribution in [0.25, 0.3) is 0 Å². The zero-order valence-electron chi connectivity index (χ0n) is 10.4. The van der Waals surface area contributed by atoms with Crippen LogP contribution in [0.3, 0.4) is 0 Å². The molecule has 0 aliphatic carbocycles. The Hall–Kier alpha value is -1.09. The molecule has 0 fully saturated rings. The van der Waals surface area contributed by atoms with E-state index in [0.717, 1.165) is 24.2 Å². The molecule has 0 aliphatic heterocycles. The Morgan fingerprint density at radius 2 is 2.06 bits per heavy atom. The van der Waals surface area contributed by atoms with Gasteiger partial charge in [0.05, 0.1) is 7.11 Å². The van der Waals surface area contributed by atoms with Crippen LogP contribution in [-0.2, 0) is 6.42 Å². The third kappa shape index (κ3) is 3.49. The zero-order chi connectivity index (χ0) is 12.2. The van der Waals surface area contributed by atoms with E-state index in [4.69, 9.17) is 4.74 Å². The summed E-state index contributed by atoms with van der Waals surface area (Å²) in [5, 5.41) is 3.23. The number of hydrogen-bond donors (Lipinski definition) is 1. The molecular weight excluding hydrogens is 205 g/mol. The fraction of sp³-hybridized carbons (Fsp3) is 0.538. The van der Waals surface area contributed by atoms with Gasteiger partial charge in [0.1, 0.15) is 11.6 Å². The lowest BCUT2D eigenvalue weighted by atomic mass is 9.95. The Kier molecular flexibility index (Phi) is 4.30. The molecule has 0 unspecified atom stereocenters. The van der Waals surface area contributed by atoms with Crippen molar-refractivity contribution in [2.24, 2.45) is 0 Å². The second-order valence-corrected chi connectivity index (χ2v) is 4.59. The summed E-state index contributed by atoms with van der Waals surface area (Å²) in [4.78, 5) is 0. The number of ether oxygens (including phenoxy) is 1. The van der Waals surface area contributed by atoms with Crippen LogP contribution in [-0.4, -0.2) is 19.7 Å². The van der Waals surface area contributed by atoms with Gasteiger partial charge in [-0.3, -0.25) is 0 Å². The summed E-state index contributed by atoms with van der Waals surface area (Å²) < 4.78 is 18.3. The minimum Gasteiger partial charge on any atom is -0.496 e. The SMILES string of the molecule is CNC(C)(C)CCc1cc(F)ccc1OC. The molecule has 0 amide bonds. The maximum Gasteiger partial charge on any atom is 0.123 e. The molecule has 16 heavy (non-hydrogen) atoms. The van der Waals surface area contributed by atoms with Gasteiger partial charge in [-0.25, -0.2) is 4.39 Å². The first-order valence-electron chi connectivity index (χ1n) is 5.50. The molecule has 1 rings (SSSR count). The molecule has 0 aromatic heterocycles. The van der Waals surface area contributed by atoms with E-state index in [2.05, 4.69) is 19.2 Å². The summed E-state index contributed by atoms with van der Waals surface area (Å²) in [6.45, 7) is 4.25. The maximum absolute atomic E-state index is 13.1. The van der Waals surface area contributed by atoms with Crippen molar-refractivity contribution in [2.75, 3.05) is 14.2 Å². The summed E-state index contributed by atoms with van der Waals surface area (Å²) in [7, 11) is 3.54. The van der Waals surface area contributed by atoms with Gasteiger partial charge in [0.2, 0.25) is 0 Å². The fourth-order valence-electron chi connectivity index (χ4n) is 1.51. The predicted molar refractivity (Wildman–Crippen MR) is 64.4 cm³/mol. The van der Waals surface area contributed by atoms with E-state index in [-0.39, 0.29) is 11.4 Å². The Bertz CT molecular complexity index is 350. The smallest absolute Gasteiger partial charge is 0.123 e. The van der Waals surface area contributed by atoms with Crippen LogP contribution in [0.15, 0.2) is 18.2 Å². The van der Waals surface area contributed by atoms with Crippen molar-refractivity contribution in [3.05, 3.63) is 29.6 Å². The molecule has 0 atom stereocenters. The van der Waals surface area contributed by atoms with Crippen LogP contribution in [0.5, 0.6) is 5.75 Å². The number of methoxy groups -OCH3 is 1. The highest BCUT2D eigenvalue weighted by Crippen LogP contribution is 2.23. The molecule has 90 valence electrons. The summed E-state index contributed by atoms with van der Waals surface area (Å²) in [6.07, 6.45) is 1.73. The fourth-order valence-corrected chi connectivity index (χ4v) is 1.51. The minimum absolute atomic E-state index is 0.0529. The number of nitrogens with one attached hydrogen (secondary N) is 1. The van der Waals surface area contributed by atoms with Crippen molar-refractivity contribution < 1.29 is 9.13 Å². The van der Waals surface area contributed by atoms with Gasteiger partial charge in [0.25, 0.3) is 0 Å². The van der Waals surface area contributed by atoms with Crippen LogP contribution in [0.2, 0.25) is 0 Å². The topological polar surface area (TPSA) is 21.3 Å². The molecule has 0 radical (unpaired) electrons. The predicted octanol–water partition coefficient (Wildman–Crippen LogP) is 2.76. The Balaban J connectivity index is 2.76. The van der Waals surface area contributed by atoms with Crippen LogP contribution in [0, 0.1) is 5.82 Å². The molecule has 2 nitrogen and oxygen atoms in total. The highest BCUT2D eigenvalue weighted by atomic mass is 19.1. The average Bonchev–Trinajstić information content (AvgIpc) is 2.27. The van der Waals surface area contributed by atoms with Crippen LogP contribution in [0.1, 0.15) is 25.8 Å². The molecule has 0 spiro atoms. The number of aryl methyl sites for hydroxylation is 1. The Labute approximate surface area is 96.8 Å². The average molecular weight is 225 g/mol. The quantitative estimate of drug-likeness (QED) is 0.832. The normalized spacial score (nSPS) is 11.6. The summed E-state index contributed by atoms with van der Waals surface area (Å²) >= 11 is 0. The van der Waals surface area contributed by atoms with Gasteiger partial charge in [-0.15, -0.1) is 0 Å². The second kappa shape index (κ2) is 5.30. The van der Waals surface area contributed by atoms with Gasteiger partial charge < -0.3 is 10.1 Å². The molecule has 1 aromatic rings. The van der Waals surface area contributed by atoms with Crippen LogP contribution >= 0.6 is 0 Å². The van der Waals surface area contributed by atoms with E-state index in [0.29, 0.717) is 0 Å². The van der Waals surface area contributed by atoms with Crippen molar-refractivity contribution in [3.63, 3.8) is 0 Å². The molecule has 0 aliphatic rings. The van der Waals surface area contributed by atoms with Gasteiger partial charge in [0, 0.05) is 5.54 Å². The first kappa shape index (κ1) is 13.0. The van der Waals surface area contributed by atoms with Gasteiger partial charge >= 0.3 is 0 Å². The molecule has 0 heterocycles. The van der Waals surface area contributed by atoms with Gasteiger partial charge in [-0.1, -0.05) is 0 Å². The number of hydrogen-bond acceptors (Lipinski definition) is 2. The highest BCUT2D eigenvalue weighted by Gasteiger charge is 2.15. The molecule has 3 heteroatoms. The van der Waals surface area contributed by atoms with Crippen molar-refractivity contribution in [2.45, 2.75) is 32.2 Å². The monoisotopic (exact) mass is 225 g/mol. The van der Waals surface area contributed by atoms with E-state index in [9.17, 15) is 4.39 Å². The Morgan fingerprint density at radius 1 is 1.38 bits per heavy atom. The summed E-state index contributed by atoms with van der Waals surface area (Å²) in [6, 6.07) is 4.65. The van der Waals surface area contributed by atoms with Crippen LogP contribution < -0.4 is 10.1 Å². The molecule has 0 bridgehead atoms. The largest absolute Gasteiger partial charge is 0.496 e. The van der Waals surface area contributed by atoms with Gasteiger partial charge in [0.15, 0.2) is 0 Å². The third-order valence-electron chi connectivity index (χ3n) is 2.94. The van der Waals surface area contributed by atoms with E-state index in [1.165, 1.54) is 6.07 Å². The number of benzene rings is 1. The lowest BCUT2D eigenvalue weighted by molar-refractivity contribution is 0.381. The van der Waals surface area contributed by atoms with E-state index >= 15 is 0 Å². The third-order valence-corrected chi connectivity index (χ3v) is 2.94. The van der Waals surface area contributed by atoms with E-state index in [1.807, 2.05) is 7.05 Å². The standard InChI is InChI=1S/C13H20FNO/c1-13(2,15-3)8-7-10-9-11(14)5-6-12(10)16-4/h5-6,9,15H,7-8H2,1-4H3. The van der Waals surface area contributed by atoms with E-state index in [1.54, 1.807) is 19.2 Å². The van der Waals surface area contributed by atoms with Crippen molar-refractivity contribution >= 4 is 0 Å². The molecule has 0 saturated carbocycles. The van der Waals surface area contributed by atoms with E-state index < -0.39 is 0 Å². The van der Waals surface area contributed by atoms with Crippen molar-refractivity contribution in [3.8, 4) is 5.75 Å². The maximum atomic E-state index is 13.1. The highest BCUT2D eigenvalue weighted by molar-refractivity contribution is 5.34. The molecular formula is C13H20FNO. The van der Waals surface area contributed by atoms with Crippen molar-refractivity contribution in [1.29, 1.82) is 0 Å². The summed E-state index contributed by atoms with van der Waals surface area (Å²) in [5.74, 6) is 0.548. The first-order valence-corrected chi connectivity index (χ1v) is 5.50. The lowest BCUT2D eigenvalue weighted by Crippen LogP contribution is -2.36. The van der Waals surface area contributed by atoms with Gasteiger partial charge in [-0.05, 0) is 57.5 Å². The van der Waals surface area contributed by atoms with Crippen LogP contribution in [0.4, 0.5) is 4.39 Å². The second-order valence-electron chi connectivity index (χ2n) is 4.59. The number of rotatable bonds is 5.